The van der Waals surface area contributed by atoms with Gasteiger partial charge in [0.15, 0.2) is 0 Å². The van der Waals surface area contributed by atoms with Crippen LogP contribution in [0.2, 0.25) is 10.0 Å². The maximum absolute atomic E-state index is 6.15. The summed E-state index contributed by atoms with van der Waals surface area (Å²) in [5.74, 6) is 0.863. The summed E-state index contributed by atoms with van der Waals surface area (Å²) < 4.78 is 2.04. The van der Waals surface area contributed by atoms with Gasteiger partial charge in [0.05, 0.1) is 11.0 Å². The van der Waals surface area contributed by atoms with Gasteiger partial charge in [-0.1, -0.05) is 41.4 Å². The van der Waals surface area contributed by atoms with Gasteiger partial charge in [0, 0.05) is 22.7 Å². The average molecular weight is 303 g/mol. The molecule has 1 heterocycles. The van der Waals surface area contributed by atoms with Gasteiger partial charge in [-0.25, -0.2) is 4.98 Å². The zero-order chi connectivity index (χ0) is 14.1. The summed E-state index contributed by atoms with van der Waals surface area (Å²) in [5.41, 5.74) is 2.88. The SMILES string of the molecule is Cn1c(/C=C/c2c(Cl)cccc2Cl)nc2ccccc21. The van der Waals surface area contributed by atoms with E-state index in [1.165, 1.54) is 0 Å². The average Bonchev–Trinajstić information content (AvgIpc) is 2.76. The fourth-order valence-corrected chi connectivity index (χ4v) is 2.66. The summed E-state index contributed by atoms with van der Waals surface area (Å²) in [6.07, 6.45) is 3.82. The van der Waals surface area contributed by atoms with Crippen LogP contribution in [0.15, 0.2) is 42.5 Å². The second-order valence-corrected chi connectivity index (χ2v) is 5.30. The quantitative estimate of drug-likeness (QED) is 0.647. The maximum atomic E-state index is 6.15. The van der Waals surface area contributed by atoms with Crippen molar-refractivity contribution in [2.45, 2.75) is 0 Å². The minimum Gasteiger partial charge on any atom is -0.328 e. The molecule has 0 aliphatic rings. The van der Waals surface area contributed by atoms with Gasteiger partial charge in [-0.3, -0.25) is 0 Å². The van der Waals surface area contributed by atoms with Crippen molar-refractivity contribution in [1.29, 1.82) is 0 Å². The van der Waals surface area contributed by atoms with E-state index in [2.05, 4.69) is 4.98 Å². The van der Waals surface area contributed by atoms with Crippen molar-refractivity contribution in [1.82, 2.24) is 9.55 Å². The second kappa shape index (κ2) is 5.31. The first-order valence-electron chi connectivity index (χ1n) is 6.20. The lowest BCUT2D eigenvalue weighted by atomic mass is 10.2. The zero-order valence-electron chi connectivity index (χ0n) is 10.8. The summed E-state index contributed by atoms with van der Waals surface area (Å²) in [6, 6.07) is 13.5. The lowest BCUT2D eigenvalue weighted by molar-refractivity contribution is 0.930. The number of aromatic nitrogens is 2. The first-order chi connectivity index (χ1) is 9.66. The molecule has 20 heavy (non-hydrogen) atoms. The third kappa shape index (κ3) is 2.33. The van der Waals surface area contributed by atoms with E-state index in [0.29, 0.717) is 10.0 Å². The van der Waals surface area contributed by atoms with E-state index in [4.69, 9.17) is 23.2 Å². The molecule has 2 nitrogen and oxygen atoms in total. The summed E-state index contributed by atoms with van der Waals surface area (Å²) in [7, 11) is 1.99. The number of para-hydroxylation sites is 2. The van der Waals surface area contributed by atoms with E-state index in [1.807, 2.05) is 66.2 Å². The summed E-state index contributed by atoms with van der Waals surface area (Å²) in [6.45, 7) is 0. The van der Waals surface area contributed by atoms with Crippen LogP contribution in [0, 0.1) is 0 Å². The molecule has 0 unspecified atom stereocenters. The van der Waals surface area contributed by atoms with Crippen LogP contribution in [-0.2, 0) is 7.05 Å². The van der Waals surface area contributed by atoms with Crippen molar-refractivity contribution >= 4 is 46.4 Å². The molecule has 0 radical (unpaired) electrons. The Kier molecular flexibility index (Phi) is 3.51. The molecule has 100 valence electrons. The molecule has 0 saturated heterocycles. The molecule has 4 heteroatoms. The second-order valence-electron chi connectivity index (χ2n) is 4.49. The molecule has 0 aliphatic heterocycles. The molecular weight excluding hydrogens is 291 g/mol. The van der Waals surface area contributed by atoms with E-state index >= 15 is 0 Å². The number of imidazole rings is 1. The fraction of sp³-hybridized carbons (Fsp3) is 0.0625. The van der Waals surface area contributed by atoms with Crippen LogP contribution in [0.5, 0.6) is 0 Å². The Bertz CT molecular complexity index is 783. The number of fused-ring (bicyclic) bond motifs is 1. The summed E-state index contributed by atoms with van der Waals surface area (Å²) in [5, 5.41) is 1.26. The molecule has 0 atom stereocenters. The van der Waals surface area contributed by atoms with E-state index in [0.717, 1.165) is 22.4 Å². The third-order valence-electron chi connectivity index (χ3n) is 3.22. The molecule has 0 aliphatic carbocycles. The number of hydrogen-bond acceptors (Lipinski definition) is 1. The molecule has 3 rings (SSSR count). The monoisotopic (exact) mass is 302 g/mol. The number of aryl methyl sites for hydroxylation is 1. The van der Waals surface area contributed by atoms with Gasteiger partial charge in [0.1, 0.15) is 5.82 Å². The third-order valence-corrected chi connectivity index (χ3v) is 3.88. The first kappa shape index (κ1) is 13.2. The largest absolute Gasteiger partial charge is 0.328 e. The van der Waals surface area contributed by atoms with Crippen LogP contribution >= 0.6 is 23.2 Å². The number of nitrogens with zero attached hydrogens (tertiary/aromatic N) is 2. The van der Waals surface area contributed by atoms with E-state index in [1.54, 1.807) is 0 Å². The Balaban J connectivity index is 2.05. The predicted molar refractivity (Wildman–Crippen MR) is 86.1 cm³/mol. The predicted octanol–water partition coefficient (Wildman–Crippen LogP) is 5.05. The molecule has 0 amide bonds. The molecule has 0 fully saturated rings. The molecule has 0 saturated carbocycles. The van der Waals surface area contributed by atoms with Gasteiger partial charge in [-0.05, 0) is 36.4 Å². The van der Waals surface area contributed by atoms with Crippen LogP contribution in [0.1, 0.15) is 11.4 Å². The highest BCUT2D eigenvalue weighted by atomic mass is 35.5. The number of halogens is 2. The van der Waals surface area contributed by atoms with Crippen molar-refractivity contribution in [3.63, 3.8) is 0 Å². The van der Waals surface area contributed by atoms with Gasteiger partial charge in [-0.15, -0.1) is 0 Å². The minimum atomic E-state index is 0.632. The lowest BCUT2D eigenvalue weighted by Crippen LogP contribution is -1.90. The van der Waals surface area contributed by atoms with E-state index in [9.17, 15) is 0 Å². The van der Waals surface area contributed by atoms with Crippen LogP contribution in [0.25, 0.3) is 23.2 Å². The molecule has 0 bridgehead atoms. The van der Waals surface area contributed by atoms with Gasteiger partial charge >= 0.3 is 0 Å². The molecule has 3 aromatic rings. The maximum Gasteiger partial charge on any atom is 0.133 e. The van der Waals surface area contributed by atoms with Crippen molar-refractivity contribution in [3.05, 3.63) is 63.9 Å². The van der Waals surface area contributed by atoms with Crippen LogP contribution in [0.4, 0.5) is 0 Å². The molecule has 0 spiro atoms. The lowest BCUT2D eigenvalue weighted by Gasteiger charge is -2.01. The standard InChI is InChI=1S/C16H12Cl2N2/c1-20-15-8-3-2-7-14(15)19-16(20)10-9-11-12(17)5-4-6-13(11)18/h2-10H,1H3/b10-9+. The minimum absolute atomic E-state index is 0.632. The van der Waals surface area contributed by atoms with Crippen LogP contribution in [-0.4, -0.2) is 9.55 Å². The highest BCUT2D eigenvalue weighted by Gasteiger charge is 2.05. The van der Waals surface area contributed by atoms with Crippen molar-refractivity contribution in [3.8, 4) is 0 Å². The van der Waals surface area contributed by atoms with Gasteiger partial charge in [-0.2, -0.15) is 0 Å². The Labute approximate surface area is 127 Å². The zero-order valence-corrected chi connectivity index (χ0v) is 12.4. The van der Waals surface area contributed by atoms with Crippen molar-refractivity contribution in [2.75, 3.05) is 0 Å². The number of hydrogen-bond donors (Lipinski definition) is 0. The number of benzene rings is 2. The fourth-order valence-electron chi connectivity index (χ4n) is 2.14. The highest BCUT2D eigenvalue weighted by molar-refractivity contribution is 6.37. The van der Waals surface area contributed by atoms with E-state index in [-0.39, 0.29) is 0 Å². The van der Waals surface area contributed by atoms with Crippen LogP contribution < -0.4 is 0 Å². The summed E-state index contributed by atoms with van der Waals surface area (Å²) >= 11 is 12.3. The summed E-state index contributed by atoms with van der Waals surface area (Å²) in [4.78, 5) is 4.58. The Morgan fingerprint density at radius 3 is 2.35 bits per heavy atom. The Hall–Kier alpha value is -1.77. The van der Waals surface area contributed by atoms with Gasteiger partial charge in [0.2, 0.25) is 0 Å². The van der Waals surface area contributed by atoms with Crippen molar-refractivity contribution in [2.24, 2.45) is 7.05 Å². The Morgan fingerprint density at radius 1 is 0.950 bits per heavy atom. The van der Waals surface area contributed by atoms with Crippen LogP contribution in [0.3, 0.4) is 0 Å². The molecule has 2 aromatic carbocycles. The van der Waals surface area contributed by atoms with Gasteiger partial charge < -0.3 is 4.57 Å². The first-order valence-corrected chi connectivity index (χ1v) is 6.96. The molecular formula is C16H12Cl2N2. The molecule has 0 N–H and O–H groups in total. The highest BCUT2D eigenvalue weighted by Crippen LogP contribution is 2.26. The van der Waals surface area contributed by atoms with E-state index < -0.39 is 0 Å². The number of rotatable bonds is 2. The molecule has 1 aromatic heterocycles. The Morgan fingerprint density at radius 2 is 1.65 bits per heavy atom. The topological polar surface area (TPSA) is 17.8 Å². The van der Waals surface area contributed by atoms with Gasteiger partial charge in [0.25, 0.3) is 0 Å². The van der Waals surface area contributed by atoms with Crippen molar-refractivity contribution < 1.29 is 0 Å². The smallest absolute Gasteiger partial charge is 0.133 e. The normalized spacial score (nSPS) is 11.6.